The summed E-state index contributed by atoms with van der Waals surface area (Å²) < 4.78 is 1.77. The molecule has 0 amide bonds. The third-order valence-corrected chi connectivity index (χ3v) is 2.40. The van der Waals surface area contributed by atoms with Gasteiger partial charge in [0.05, 0.1) is 11.3 Å². The molecule has 1 N–H and O–H groups in total. The van der Waals surface area contributed by atoms with Gasteiger partial charge in [0.2, 0.25) is 0 Å². The van der Waals surface area contributed by atoms with Crippen molar-refractivity contribution >= 4 is 11.8 Å². The third-order valence-electron chi connectivity index (χ3n) is 2.40. The third kappa shape index (κ3) is 2.09. The molecular formula is C11H15NO3. The van der Waals surface area contributed by atoms with Crippen molar-refractivity contribution in [2.75, 3.05) is 0 Å². The van der Waals surface area contributed by atoms with Crippen LogP contribution in [-0.4, -0.2) is 21.4 Å². The van der Waals surface area contributed by atoms with Gasteiger partial charge in [-0.2, -0.15) is 0 Å². The quantitative estimate of drug-likeness (QED) is 0.772. The van der Waals surface area contributed by atoms with Crippen molar-refractivity contribution in [1.82, 2.24) is 4.57 Å². The number of hydrogen-bond acceptors (Lipinski definition) is 2. The summed E-state index contributed by atoms with van der Waals surface area (Å²) >= 11 is 0. The number of aromatic nitrogens is 1. The summed E-state index contributed by atoms with van der Waals surface area (Å²) in [5.41, 5.74) is 1.34. The number of carbonyl (C=O) groups excluding carboxylic acids is 1. The molecule has 4 nitrogen and oxygen atoms in total. The van der Waals surface area contributed by atoms with Gasteiger partial charge >= 0.3 is 5.97 Å². The van der Waals surface area contributed by atoms with E-state index >= 15 is 0 Å². The smallest absolute Gasteiger partial charge is 0.337 e. The van der Waals surface area contributed by atoms with Crippen LogP contribution in [-0.2, 0) is 6.54 Å². The van der Waals surface area contributed by atoms with E-state index in [1.165, 1.54) is 13.0 Å². The van der Waals surface area contributed by atoms with Gasteiger partial charge in [0.1, 0.15) is 0 Å². The van der Waals surface area contributed by atoms with E-state index in [4.69, 9.17) is 5.11 Å². The zero-order valence-electron chi connectivity index (χ0n) is 9.20. The summed E-state index contributed by atoms with van der Waals surface area (Å²) in [4.78, 5) is 22.2. The second-order valence-corrected chi connectivity index (χ2v) is 3.54. The van der Waals surface area contributed by atoms with Crippen LogP contribution in [0, 0.1) is 6.92 Å². The van der Waals surface area contributed by atoms with Crippen LogP contribution in [0.25, 0.3) is 0 Å². The number of Topliss-reactive ketones (excluding diaryl/α,β-unsaturated/α-hetero) is 1. The van der Waals surface area contributed by atoms with E-state index in [9.17, 15) is 9.59 Å². The number of rotatable bonds is 4. The number of ketones is 1. The van der Waals surface area contributed by atoms with Crippen molar-refractivity contribution in [3.05, 3.63) is 23.0 Å². The van der Waals surface area contributed by atoms with Crippen molar-refractivity contribution in [3.8, 4) is 0 Å². The van der Waals surface area contributed by atoms with Gasteiger partial charge in [0, 0.05) is 19.2 Å². The van der Waals surface area contributed by atoms with E-state index in [1.807, 2.05) is 6.92 Å². The molecule has 0 aliphatic carbocycles. The molecule has 82 valence electrons. The first kappa shape index (κ1) is 11.5. The number of carboxylic acid groups (broad SMARTS) is 1. The fourth-order valence-corrected chi connectivity index (χ4v) is 1.67. The van der Waals surface area contributed by atoms with Gasteiger partial charge in [-0.15, -0.1) is 0 Å². The SMILES string of the molecule is CCCn1c(C(C)=O)cc(C(=O)O)c1C. The Balaban J connectivity index is 3.32. The Bertz CT molecular complexity index is 404. The van der Waals surface area contributed by atoms with Crippen LogP contribution >= 0.6 is 0 Å². The molecule has 0 radical (unpaired) electrons. The number of nitrogens with zero attached hydrogens (tertiary/aromatic N) is 1. The highest BCUT2D eigenvalue weighted by atomic mass is 16.4. The molecule has 0 unspecified atom stereocenters. The van der Waals surface area contributed by atoms with Gasteiger partial charge < -0.3 is 9.67 Å². The van der Waals surface area contributed by atoms with E-state index < -0.39 is 5.97 Å². The Hall–Kier alpha value is -1.58. The van der Waals surface area contributed by atoms with E-state index in [2.05, 4.69) is 0 Å². The van der Waals surface area contributed by atoms with E-state index in [0.29, 0.717) is 17.9 Å². The Morgan fingerprint density at radius 1 is 1.47 bits per heavy atom. The van der Waals surface area contributed by atoms with E-state index in [-0.39, 0.29) is 11.3 Å². The van der Waals surface area contributed by atoms with Crippen LogP contribution in [0.2, 0.25) is 0 Å². The van der Waals surface area contributed by atoms with Crippen molar-refractivity contribution in [2.45, 2.75) is 33.7 Å². The second-order valence-electron chi connectivity index (χ2n) is 3.54. The molecule has 0 aliphatic heterocycles. The summed E-state index contributed by atoms with van der Waals surface area (Å²) in [6.07, 6.45) is 0.870. The molecule has 1 aromatic heterocycles. The van der Waals surface area contributed by atoms with Crippen LogP contribution in [0.15, 0.2) is 6.07 Å². The first-order valence-corrected chi connectivity index (χ1v) is 4.93. The summed E-state index contributed by atoms with van der Waals surface area (Å²) in [6, 6.07) is 1.45. The molecule has 0 fully saturated rings. The molecule has 0 spiro atoms. The molecule has 0 aliphatic rings. The van der Waals surface area contributed by atoms with Gasteiger partial charge in [-0.3, -0.25) is 4.79 Å². The monoisotopic (exact) mass is 209 g/mol. The minimum Gasteiger partial charge on any atom is -0.478 e. The summed E-state index contributed by atoms with van der Waals surface area (Å²) in [5, 5.41) is 8.93. The number of carboxylic acids is 1. The minimum atomic E-state index is -0.982. The van der Waals surface area contributed by atoms with Crippen molar-refractivity contribution < 1.29 is 14.7 Å². The van der Waals surface area contributed by atoms with Crippen LogP contribution in [0.4, 0.5) is 0 Å². The average molecular weight is 209 g/mol. The highest BCUT2D eigenvalue weighted by Crippen LogP contribution is 2.16. The molecule has 0 saturated heterocycles. The number of aromatic carboxylic acids is 1. The lowest BCUT2D eigenvalue weighted by Crippen LogP contribution is -2.08. The van der Waals surface area contributed by atoms with Crippen molar-refractivity contribution in [1.29, 1.82) is 0 Å². The molecule has 0 atom stereocenters. The van der Waals surface area contributed by atoms with Crippen LogP contribution in [0.5, 0.6) is 0 Å². The predicted molar refractivity (Wildman–Crippen MR) is 56.4 cm³/mol. The highest BCUT2D eigenvalue weighted by molar-refractivity contribution is 5.97. The van der Waals surface area contributed by atoms with Gasteiger partial charge in [0.25, 0.3) is 0 Å². The molecular weight excluding hydrogens is 194 g/mol. The van der Waals surface area contributed by atoms with E-state index in [1.54, 1.807) is 11.5 Å². The molecule has 0 saturated carbocycles. The predicted octanol–water partition coefficient (Wildman–Crippen LogP) is 2.11. The van der Waals surface area contributed by atoms with Crippen LogP contribution in [0.3, 0.4) is 0 Å². The van der Waals surface area contributed by atoms with E-state index in [0.717, 1.165) is 6.42 Å². The fourth-order valence-electron chi connectivity index (χ4n) is 1.67. The molecule has 1 aromatic rings. The maximum Gasteiger partial charge on any atom is 0.337 e. The minimum absolute atomic E-state index is 0.0981. The summed E-state index contributed by atoms with van der Waals surface area (Å²) in [7, 11) is 0. The zero-order chi connectivity index (χ0) is 11.6. The molecule has 0 bridgehead atoms. The molecule has 0 aromatic carbocycles. The Morgan fingerprint density at radius 3 is 2.47 bits per heavy atom. The normalized spacial score (nSPS) is 10.3. The summed E-state index contributed by atoms with van der Waals surface area (Å²) in [5.74, 6) is -1.08. The highest BCUT2D eigenvalue weighted by Gasteiger charge is 2.18. The lowest BCUT2D eigenvalue weighted by atomic mass is 10.2. The maximum atomic E-state index is 11.3. The van der Waals surface area contributed by atoms with Gasteiger partial charge in [-0.05, 0) is 19.4 Å². The largest absolute Gasteiger partial charge is 0.478 e. The Labute approximate surface area is 88.5 Å². The van der Waals surface area contributed by atoms with Gasteiger partial charge in [-0.1, -0.05) is 6.92 Å². The van der Waals surface area contributed by atoms with Crippen LogP contribution in [0.1, 0.15) is 46.8 Å². The van der Waals surface area contributed by atoms with Crippen molar-refractivity contribution in [2.24, 2.45) is 0 Å². The molecule has 1 heterocycles. The molecule has 15 heavy (non-hydrogen) atoms. The average Bonchev–Trinajstić information content (AvgIpc) is 2.45. The lowest BCUT2D eigenvalue weighted by Gasteiger charge is -2.07. The second kappa shape index (κ2) is 4.29. The maximum absolute atomic E-state index is 11.3. The zero-order valence-corrected chi connectivity index (χ0v) is 9.20. The standard InChI is InChI=1S/C11H15NO3/c1-4-5-12-7(2)9(11(14)15)6-10(12)8(3)13/h6H,4-5H2,1-3H3,(H,14,15). The van der Waals surface area contributed by atoms with Gasteiger partial charge in [0.15, 0.2) is 5.78 Å². The molecule has 1 rings (SSSR count). The number of carbonyl (C=O) groups is 2. The Kier molecular flexibility index (Phi) is 3.29. The molecule has 4 heteroatoms. The fraction of sp³-hybridized carbons (Fsp3) is 0.455. The first-order chi connectivity index (χ1) is 6.99. The topological polar surface area (TPSA) is 59.3 Å². The summed E-state index contributed by atoms with van der Waals surface area (Å²) in [6.45, 7) is 5.84. The van der Waals surface area contributed by atoms with Crippen LogP contribution < -0.4 is 0 Å². The van der Waals surface area contributed by atoms with Gasteiger partial charge in [-0.25, -0.2) is 4.79 Å². The Morgan fingerprint density at radius 2 is 2.07 bits per heavy atom. The lowest BCUT2D eigenvalue weighted by molar-refractivity contribution is 0.0696. The van der Waals surface area contributed by atoms with Crippen molar-refractivity contribution in [3.63, 3.8) is 0 Å². The first-order valence-electron chi connectivity index (χ1n) is 4.93. The number of hydrogen-bond donors (Lipinski definition) is 1.